The highest BCUT2D eigenvalue weighted by Gasteiger charge is 2.41. The van der Waals surface area contributed by atoms with Gasteiger partial charge in [0.25, 0.3) is 0 Å². The van der Waals surface area contributed by atoms with Gasteiger partial charge in [-0.15, -0.1) is 0 Å². The number of aliphatic hydroxyl groups excluding tert-OH is 1. The maximum atomic E-state index is 12.0. The van der Waals surface area contributed by atoms with Gasteiger partial charge in [0.2, 0.25) is 11.8 Å². The van der Waals surface area contributed by atoms with Crippen LogP contribution in [0, 0.1) is 0 Å². The Balaban J connectivity index is 1.43. The standard InChI is InChI=1S/C23H22Cl2N2O4/c24-13-9-18-17(19(25)10-13)11-20(26-8-7-15(28)12-26)23(18)31-16-3-1-14(2-4-16)27-21(29)5-6-22(27)30/h1-4,9-10,15,20,23,28H,5-8,11-12H2/t15?,20-,23-/m0/s1. The van der Waals surface area contributed by atoms with Gasteiger partial charge in [-0.25, -0.2) is 0 Å². The fraction of sp³-hybridized carbons (Fsp3) is 0.391. The number of imide groups is 1. The number of ether oxygens (including phenoxy) is 1. The molecule has 162 valence electrons. The number of aliphatic hydroxyl groups is 1. The van der Waals surface area contributed by atoms with Gasteiger partial charge in [-0.1, -0.05) is 23.2 Å². The number of halogens is 2. The smallest absolute Gasteiger partial charge is 0.234 e. The first-order valence-corrected chi connectivity index (χ1v) is 11.2. The molecule has 1 N–H and O–H groups in total. The molecule has 6 nitrogen and oxygen atoms in total. The van der Waals surface area contributed by atoms with E-state index in [2.05, 4.69) is 4.90 Å². The van der Waals surface area contributed by atoms with Crippen molar-refractivity contribution >= 4 is 40.7 Å². The molecule has 1 unspecified atom stereocenters. The second-order valence-electron chi connectivity index (χ2n) is 8.32. The third kappa shape index (κ3) is 3.82. The number of hydrogen-bond acceptors (Lipinski definition) is 5. The number of likely N-dealkylation sites (tertiary alicyclic amines) is 1. The molecule has 8 heteroatoms. The van der Waals surface area contributed by atoms with Gasteiger partial charge in [0, 0.05) is 41.5 Å². The van der Waals surface area contributed by atoms with E-state index in [0.717, 1.165) is 30.5 Å². The lowest BCUT2D eigenvalue weighted by Gasteiger charge is -2.30. The van der Waals surface area contributed by atoms with Gasteiger partial charge in [-0.2, -0.15) is 0 Å². The Labute approximate surface area is 190 Å². The highest BCUT2D eigenvalue weighted by atomic mass is 35.5. The monoisotopic (exact) mass is 460 g/mol. The van der Waals surface area contributed by atoms with Gasteiger partial charge in [0.1, 0.15) is 11.9 Å². The van der Waals surface area contributed by atoms with Gasteiger partial charge in [0.05, 0.1) is 17.8 Å². The zero-order chi connectivity index (χ0) is 21.7. The van der Waals surface area contributed by atoms with Gasteiger partial charge in [-0.3, -0.25) is 19.4 Å². The van der Waals surface area contributed by atoms with Crippen molar-refractivity contribution in [3.05, 3.63) is 57.6 Å². The number of amides is 2. The fourth-order valence-corrected chi connectivity index (χ4v) is 5.42. The molecule has 0 bridgehead atoms. The molecule has 2 heterocycles. The minimum absolute atomic E-state index is 0.0320. The van der Waals surface area contributed by atoms with E-state index in [4.69, 9.17) is 27.9 Å². The predicted octanol–water partition coefficient (Wildman–Crippen LogP) is 3.76. The molecule has 0 radical (unpaired) electrons. The van der Waals surface area contributed by atoms with E-state index in [-0.39, 0.29) is 42.9 Å². The maximum Gasteiger partial charge on any atom is 0.234 e. The van der Waals surface area contributed by atoms with E-state index >= 15 is 0 Å². The fourth-order valence-electron chi connectivity index (χ4n) is 4.83. The number of carbonyl (C=O) groups excluding carboxylic acids is 2. The minimum Gasteiger partial charge on any atom is -0.484 e. The third-order valence-corrected chi connectivity index (χ3v) is 6.89. The summed E-state index contributed by atoms with van der Waals surface area (Å²) in [6.07, 6.45) is 1.33. The molecule has 3 atom stereocenters. The van der Waals surface area contributed by atoms with Gasteiger partial charge < -0.3 is 9.84 Å². The summed E-state index contributed by atoms with van der Waals surface area (Å²) in [5.41, 5.74) is 2.53. The SMILES string of the molecule is O=C1CCC(=O)N1c1ccc(O[C@H]2c3cc(Cl)cc(Cl)c3C[C@@H]2N2CCC(O)C2)cc1. The van der Waals surface area contributed by atoms with E-state index in [1.807, 2.05) is 6.07 Å². The van der Waals surface area contributed by atoms with Crippen molar-refractivity contribution in [1.29, 1.82) is 0 Å². The van der Waals surface area contributed by atoms with E-state index in [1.165, 1.54) is 4.90 Å². The molecule has 31 heavy (non-hydrogen) atoms. The molecular weight excluding hydrogens is 439 g/mol. The van der Waals surface area contributed by atoms with Crippen molar-refractivity contribution in [3.63, 3.8) is 0 Å². The van der Waals surface area contributed by atoms with E-state index in [0.29, 0.717) is 28.0 Å². The minimum atomic E-state index is -0.335. The summed E-state index contributed by atoms with van der Waals surface area (Å²) >= 11 is 12.8. The molecule has 2 aromatic rings. The Morgan fingerprint density at radius 2 is 1.74 bits per heavy atom. The van der Waals surface area contributed by atoms with Crippen LogP contribution in [0.5, 0.6) is 5.75 Å². The van der Waals surface area contributed by atoms with Crippen LogP contribution >= 0.6 is 23.2 Å². The molecular formula is C23H22Cl2N2O4. The lowest BCUT2D eigenvalue weighted by molar-refractivity contribution is -0.121. The Morgan fingerprint density at radius 1 is 1.03 bits per heavy atom. The summed E-state index contributed by atoms with van der Waals surface area (Å²) in [7, 11) is 0. The average Bonchev–Trinajstić information content (AvgIpc) is 3.41. The van der Waals surface area contributed by atoms with Crippen molar-refractivity contribution in [3.8, 4) is 5.75 Å². The maximum absolute atomic E-state index is 12.0. The summed E-state index contributed by atoms with van der Waals surface area (Å²) < 4.78 is 6.41. The summed E-state index contributed by atoms with van der Waals surface area (Å²) in [6, 6.07) is 10.7. The second-order valence-corrected chi connectivity index (χ2v) is 9.16. The first-order valence-electron chi connectivity index (χ1n) is 10.4. The van der Waals surface area contributed by atoms with Gasteiger partial charge >= 0.3 is 0 Å². The van der Waals surface area contributed by atoms with Crippen molar-refractivity contribution in [1.82, 2.24) is 4.90 Å². The van der Waals surface area contributed by atoms with Crippen LogP contribution in [-0.2, 0) is 16.0 Å². The highest BCUT2D eigenvalue weighted by Crippen LogP contribution is 2.43. The van der Waals surface area contributed by atoms with Crippen molar-refractivity contribution in [2.75, 3.05) is 18.0 Å². The van der Waals surface area contributed by atoms with Crippen LogP contribution in [0.1, 0.15) is 36.5 Å². The topological polar surface area (TPSA) is 70.1 Å². The number of β-amino-alcohol motifs (C(OH)–C–C–N with tert-alkyl or cyclic N) is 1. The number of hydrogen-bond donors (Lipinski definition) is 1. The Hall–Kier alpha value is -2.12. The van der Waals surface area contributed by atoms with Crippen LogP contribution in [-0.4, -0.2) is 47.1 Å². The van der Waals surface area contributed by atoms with Gasteiger partial charge in [-0.05, 0) is 54.8 Å². The molecule has 0 spiro atoms. The lowest BCUT2D eigenvalue weighted by Crippen LogP contribution is -2.39. The molecule has 1 aliphatic carbocycles. The Kier molecular flexibility index (Phi) is 5.42. The molecule has 2 aliphatic heterocycles. The first kappa shape index (κ1) is 20.8. The van der Waals surface area contributed by atoms with Crippen molar-refractivity contribution in [2.24, 2.45) is 0 Å². The molecule has 5 rings (SSSR count). The van der Waals surface area contributed by atoms with Crippen molar-refractivity contribution < 1.29 is 19.4 Å². The zero-order valence-electron chi connectivity index (χ0n) is 16.8. The van der Waals surface area contributed by atoms with Crippen LogP contribution in [0.25, 0.3) is 0 Å². The summed E-state index contributed by atoms with van der Waals surface area (Å²) in [6.45, 7) is 1.39. The van der Waals surface area contributed by atoms with Crippen LogP contribution < -0.4 is 9.64 Å². The average molecular weight is 461 g/mol. The number of nitrogens with zero attached hydrogens (tertiary/aromatic N) is 2. The van der Waals surface area contributed by atoms with Crippen molar-refractivity contribution in [2.45, 2.75) is 43.9 Å². The normalized spacial score (nSPS) is 26.0. The van der Waals surface area contributed by atoms with Crippen LogP contribution in [0.3, 0.4) is 0 Å². The lowest BCUT2D eigenvalue weighted by atomic mass is 10.1. The predicted molar refractivity (Wildman–Crippen MR) is 118 cm³/mol. The Bertz CT molecular complexity index is 1030. The first-order chi connectivity index (χ1) is 14.9. The third-order valence-electron chi connectivity index (χ3n) is 6.34. The molecule has 2 fully saturated rings. The Morgan fingerprint density at radius 3 is 2.39 bits per heavy atom. The zero-order valence-corrected chi connectivity index (χ0v) is 18.3. The van der Waals surface area contributed by atoms with E-state index in [9.17, 15) is 14.7 Å². The summed E-state index contributed by atoms with van der Waals surface area (Å²) in [4.78, 5) is 27.4. The molecule has 2 saturated heterocycles. The second kappa shape index (κ2) is 8.10. The number of anilines is 1. The molecule has 2 amide bonds. The largest absolute Gasteiger partial charge is 0.484 e. The van der Waals surface area contributed by atoms with Crippen LogP contribution in [0.4, 0.5) is 5.69 Å². The van der Waals surface area contributed by atoms with Gasteiger partial charge in [0.15, 0.2) is 0 Å². The molecule has 0 aromatic heterocycles. The number of carbonyl (C=O) groups is 2. The van der Waals surface area contributed by atoms with Crippen LogP contribution in [0.15, 0.2) is 36.4 Å². The van der Waals surface area contributed by atoms with E-state index in [1.54, 1.807) is 30.3 Å². The quantitative estimate of drug-likeness (QED) is 0.703. The highest BCUT2D eigenvalue weighted by molar-refractivity contribution is 6.35. The summed E-state index contributed by atoms with van der Waals surface area (Å²) in [5.74, 6) is 0.266. The summed E-state index contributed by atoms with van der Waals surface area (Å²) in [5, 5.41) is 11.2. The van der Waals surface area contributed by atoms with Crippen LogP contribution in [0.2, 0.25) is 10.0 Å². The molecule has 2 aromatic carbocycles. The number of fused-ring (bicyclic) bond motifs is 1. The van der Waals surface area contributed by atoms with E-state index < -0.39 is 0 Å². The number of rotatable bonds is 4. The number of benzene rings is 2. The molecule has 3 aliphatic rings. The molecule has 0 saturated carbocycles.